The lowest BCUT2D eigenvalue weighted by atomic mass is 10.1. The highest BCUT2D eigenvalue weighted by atomic mass is 15.1. The highest BCUT2D eigenvalue weighted by Gasteiger charge is 2.15. The Morgan fingerprint density at radius 2 is 1.55 bits per heavy atom. The van der Waals surface area contributed by atoms with E-state index in [1.165, 1.54) is 77.3 Å². The van der Waals surface area contributed by atoms with E-state index >= 15 is 0 Å². The van der Waals surface area contributed by atoms with Crippen molar-refractivity contribution in [2.75, 3.05) is 0 Å². The van der Waals surface area contributed by atoms with Gasteiger partial charge in [-0.1, -0.05) is 52.9 Å². The van der Waals surface area contributed by atoms with E-state index in [4.69, 9.17) is 0 Å². The van der Waals surface area contributed by atoms with Crippen molar-refractivity contribution >= 4 is 0 Å². The predicted molar refractivity (Wildman–Crippen MR) is 86.9 cm³/mol. The number of unbranched alkanes of at least 4 members (excludes halogenated alkanes) is 6. The average molecular weight is 279 g/mol. The fourth-order valence-electron chi connectivity index (χ4n) is 2.83. The summed E-state index contributed by atoms with van der Waals surface area (Å²) in [7, 11) is 0. The summed E-state index contributed by atoms with van der Waals surface area (Å²) >= 11 is 0. The van der Waals surface area contributed by atoms with Crippen LogP contribution >= 0.6 is 0 Å². The van der Waals surface area contributed by atoms with Crippen LogP contribution in [0, 0.1) is 0 Å². The zero-order valence-corrected chi connectivity index (χ0v) is 14.0. The molecule has 0 aliphatic carbocycles. The monoisotopic (exact) mass is 279 g/mol. The van der Waals surface area contributed by atoms with Gasteiger partial charge >= 0.3 is 0 Å². The molecule has 0 saturated heterocycles. The summed E-state index contributed by atoms with van der Waals surface area (Å²) in [6.45, 7) is 9.21. The smallest absolute Gasteiger partial charge is 0.234 e. The van der Waals surface area contributed by atoms with E-state index in [1.54, 1.807) is 5.82 Å². The third-order valence-corrected chi connectivity index (χ3v) is 4.06. The second-order valence-corrected chi connectivity index (χ2v) is 5.97. The summed E-state index contributed by atoms with van der Waals surface area (Å²) in [6.07, 6.45) is 17.9. The zero-order valence-electron chi connectivity index (χ0n) is 14.0. The Bertz CT molecular complexity index is 341. The summed E-state index contributed by atoms with van der Waals surface area (Å²) in [5, 5.41) is 0. The van der Waals surface area contributed by atoms with Crippen LogP contribution in [0.3, 0.4) is 0 Å². The fraction of sp³-hybridized carbons (Fsp3) is 0.833. The minimum Gasteiger partial charge on any atom is -0.234 e. The maximum absolute atomic E-state index is 2.51. The number of rotatable bonds is 12. The molecule has 0 atom stereocenters. The van der Waals surface area contributed by atoms with E-state index in [1.807, 2.05) is 0 Å². The molecule has 0 aromatic carbocycles. The van der Waals surface area contributed by atoms with Gasteiger partial charge in [0, 0.05) is 6.42 Å². The number of aromatic nitrogens is 2. The Hall–Kier alpha value is -0.790. The summed E-state index contributed by atoms with van der Waals surface area (Å²) < 4.78 is 4.97. The average Bonchev–Trinajstić information content (AvgIpc) is 2.83. The summed E-state index contributed by atoms with van der Waals surface area (Å²) in [5.74, 6) is 1.54. The molecule has 20 heavy (non-hydrogen) atoms. The number of hydrogen-bond donors (Lipinski definition) is 0. The fourth-order valence-corrected chi connectivity index (χ4v) is 2.83. The van der Waals surface area contributed by atoms with Crippen molar-refractivity contribution < 1.29 is 4.57 Å². The molecule has 0 radical (unpaired) electrons. The number of aryl methyl sites for hydroxylation is 2. The van der Waals surface area contributed by atoms with Gasteiger partial charge in [0.25, 0.3) is 5.82 Å². The van der Waals surface area contributed by atoms with Crippen LogP contribution < -0.4 is 4.57 Å². The molecule has 1 rings (SSSR count). The van der Waals surface area contributed by atoms with Crippen molar-refractivity contribution in [3.05, 3.63) is 18.2 Å². The maximum Gasteiger partial charge on any atom is 0.256 e. The van der Waals surface area contributed by atoms with Gasteiger partial charge in [0.2, 0.25) is 0 Å². The molecule has 2 heteroatoms. The molecule has 1 aromatic rings. The number of imidazole rings is 1. The third kappa shape index (κ3) is 6.11. The van der Waals surface area contributed by atoms with Gasteiger partial charge in [0.1, 0.15) is 12.4 Å². The van der Waals surface area contributed by atoms with Crippen LogP contribution in [0.1, 0.15) is 84.4 Å². The van der Waals surface area contributed by atoms with Crippen LogP contribution in [0.4, 0.5) is 0 Å². The van der Waals surface area contributed by atoms with E-state index in [-0.39, 0.29) is 0 Å². The Labute approximate surface area is 126 Å². The first-order chi connectivity index (χ1) is 9.83. The van der Waals surface area contributed by atoms with Gasteiger partial charge in [-0.2, -0.15) is 0 Å². The second-order valence-electron chi connectivity index (χ2n) is 5.97. The minimum atomic E-state index is 1.17. The van der Waals surface area contributed by atoms with Crippen molar-refractivity contribution in [1.82, 2.24) is 4.57 Å². The largest absolute Gasteiger partial charge is 0.256 e. The van der Waals surface area contributed by atoms with Gasteiger partial charge in [-0.3, -0.25) is 0 Å². The molecule has 0 saturated carbocycles. The first-order valence-electron chi connectivity index (χ1n) is 8.90. The highest BCUT2D eigenvalue weighted by molar-refractivity contribution is 4.84. The van der Waals surface area contributed by atoms with Gasteiger partial charge in [-0.25, -0.2) is 9.13 Å². The Morgan fingerprint density at radius 1 is 0.850 bits per heavy atom. The Morgan fingerprint density at radius 3 is 2.25 bits per heavy atom. The van der Waals surface area contributed by atoms with Crippen LogP contribution in [0.25, 0.3) is 0 Å². The Kier molecular flexibility index (Phi) is 9.44. The van der Waals surface area contributed by atoms with Crippen LogP contribution in [-0.2, 0) is 19.5 Å². The van der Waals surface area contributed by atoms with E-state index in [2.05, 4.69) is 42.3 Å². The standard InChI is InChI=1S/C18H35N2/c1-4-7-9-10-11-12-15-20-17-16-19(14-6-3)18(20)13-8-5-2/h16-17H,4-15H2,1-3H3/q+1. The van der Waals surface area contributed by atoms with Gasteiger partial charge in [0.15, 0.2) is 0 Å². The lowest BCUT2D eigenvalue weighted by Crippen LogP contribution is -2.37. The molecule has 1 heterocycles. The molecular formula is C18H35N2+. The quantitative estimate of drug-likeness (QED) is 0.380. The lowest BCUT2D eigenvalue weighted by molar-refractivity contribution is -0.703. The summed E-state index contributed by atoms with van der Waals surface area (Å²) in [5.41, 5.74) is 0. The van der Waals surface area contributed by atoms with E-state index in [0.717, 1.165) is 0 Å². The normalized spacial score (nSPS) is 11.2. The molecule has 0 amide bonds. The van der Waals surface area contributed by atoms with Crippen molar-refractivity contribution in [2.45, 2.75) is 98.1 Å². The first kappa shape index (κ1) is 17.3. The van der Waals surface area contributed by atoms with Crippen molar-refractivity contribution in [2.24, 2.45) is 0 Å². The molecule has 0 aliphatic rings. The van der Waals surface area contributed by atoms with Gasteiger partial charge in [-0.15, -0.1) is 0 Å². The maximum atomic E-state index is 2.51. The molecular weight excluding hydrogens is 244 g/mol. The summed E-state index contributed by atoms with van der Waals surface area (Å²) in [6, 6.07) is 0. The molecule has 0 aliphatic heterocycles. The van der Waals surface area contributed by atoms with Crippen LogP contribution in [0.15, 0.2) is 12.4 Å². The van der Waals surface area contributed by atoms with Gasteiger partial charge in [0.05, 0.1) is 13.1 Å². The van der Waals surface area contributed by atoms with Crippen LogP contribution in [0.2, 0.25) is 0 Å². The van der Waals surface area contributed by atoms with E-state index in [9.17, 15) is 0 Å². The molecule has 0 fully saturated rings. The van der Waals surface area contributed by atoms with Crippen LogP contribution in [-0.4, -0.2) is 4.57 Å². The van der Waals surface area contributed by atoms with Gasteiger partial charge < -0.3 is 0 Å². The molecule has 0 N–H and O–H groups in total. The minimum absolute atomic E-state index is 1.17. The SMILES string of the molecule is CCCCCCCCn1cc[n+](CCC)c1CCCC. The first-order valence-corrected chi connectivity index (χ1v) is 8.90. The predicted octanol–water partition coefficient (Wildman–Crippen LogP) is 4.89. The third-order valence-electron chi connectivity index (χ3n) is 4.06. The number of nitrogens with zero attached hydrogens (tertiary/aromatic N) is 2. The highest BCUT2D eigenvalue weighted by Crippen LogP contribution is 2.09. The summed E-state index contributed by atoms with van der Waals surface area (Å²) in [4.78, 5) is 0. The van der Waals surface area contributed by atoms with E-state index in [0.29, 0.717) is 0 Å². The van der Waals surface area contributed by atoms with Crippen molar-refractivity contribution in [3.63, 3.8) is 0 Å². The molecule has 0 unspecified atom stereocenters. The molecule has 0 bridgehead atoms. The molecule has 2 nitrogen and oxygen atoms in total. The lowest BCUT2D eigenvalue weighted by Gasteiger charge is -2.05. The Balaban J connectivity index is 2.42. The zero-order chi connectivity index (χ0) is 14.6. The van der Waals surface area contributed by atoms with Gasteiger partial charge in [-0.05, 0) is 25.7 Å². The number of hydrogen-bond acceptors (Lipinski definition) is 0. The molecule has 0 spiro atoms. The van der Waals surface area contributed by atoms with Crippen molar-refractivity contribution in [3.8, 4) is 0 Å². The second kappa shape index (κ2) is 10.9. The van der Waals surface area contributed by atoms with E-state index < -0.39 is 0 Å². The van der Waals surface area contributed by atoms with Crippen LogP contribution in [0.5, 0.6) is 0 Å². The molecule has 116 valence electrons. The molecule has 1 aromatic heterocycles. The topological polar surface area (TPSA) is 8.81 Å². The van der Waals surface area contributed by atoms with Crippen molar-refractivity contribution in [1.29, 1.82) is 0 Å².